The van der Waals surface area contributed by atoms with E-state index in [-0.39, 0.29) is 5.54 Å². The predicted molar refractivity (Wildman–Crippen MR) is 106 cm³/mol. The van der Waals surface area contributed by atoms with Crippen LogP contribution >= 0.6 is 11.6 Å². The van der Waals surface area contributed by atoms with Crippen LogP contribution < -0.4 is 10.6 Å². The fourth-order valence-corrected chi connectivity index (χ4v) is 4.13. The summed E-state index contributed by atoms with van der Waals surface area (Å²) in [7, 11) is 1.82. The van der Waals surface area contributed by atoms with Crippen molar-refractivity contribution in [2.75, 3.05) is 39.9 Å². The van der Waals surface area contributed by atoms with Crippen molar-refractivity contribution in [2.45, 2.75) is 44.2 Å². The molecule has 2 heterocycles. The Kier molecular flexibility index (Phi) is 7.11. The van der Waals surface area contributed by atoms with Crippen molar-refractivity contribution in [3.8, 4) is 0 Å². The van der Waals surface area contributed by atoms with E-state index in [0.29, 0.717) is 11.7 Å². The van der Waals surface area contributed by atoms with Gasteiger partial charge in [0.05, 0.1) is 13.2 Å². The summed E-state index contributed by atoms with van der Waals surface area (Å²) in [4.78, 5) is 11.1. The molecule has 3 rings (SSSR count). The SMILES string of the molecule is CN=C(NCc1ccc(Cl)nc1)NCC1(N2CCOCC2)CCCCC1. The zero-order valence-corrected chi connectivity index (χ0v) is 16.4. The molecule has 2 fully saturated rings. The van der Waals surface area contributed by atoms with Crippen molar-refractivity contribution in [3.05, 3.63) is 29.0 Å². The molecule has 0 spiro atoms. The van der Waals surface area contributed by atoms with E-state index in [1.165, 1.54) is 32.1 Å². The molecule has 26 heavy (non-hydrogen) atoms. The highest BCUT2D eigenvalue weighted by atomic mass is 35.5. The highest BCUT2D eigenvalue weighted by molar-refractivity contribution is 6.29. The number of ether oxygens (including phenoxy) is 1. The lowest BCUT2D eigenvalue weighted by atomic mass is 9.80. The van der Waals surface area contributed by atoms with Crippen LogP contribution in [0.3, 0.4) is 0 Å². The molecule has 1 saturated heterocycles. The van der Waals surface area contributed by atoms with Gasteiger partial charge in [-0.15, -0.1) is 0 Å². The number of nitrogens with zero attached hydrogens (tertiary/aromatic N) is 3. The maximum atomic E-state index is 5.85. The molecule has 0 radical (unpaired) electrons. The van der Waals surface area contributed by atoms with Gasteiger partial charge in [-0.1, -0.05) is 36.9 Å². The number of halogens is 1. The number of guanidine groups is 1. The first-order chi connectivity index (χ1) is 12.7. The largest absolute Gasteiger partial charge is 0.379 e. The summed E-state index contributed by atoms with van der Waals surface area (Å²) in [6.45, 7) is 5.35. The first-order valence-electron chi connectivity index (χ1n) is 9.60. The number of hydrogen-bond acceptors (Lipinski definition) is 4. The zero-order chi connectivity index (χ0) is 18.2. The normalized spacial score (nSPS) is 21.4. The van der Waals surface area contributed by atoms with Crippen molar-refractivity contribution in [1.29, 1.82) is 0 Å². The molecule has 1 aliphatic heterocycles. The van der Waals surface area contributed by atoms with Crippen LogP contribution in [0.5, 0.6) is 0 Å². The summed E-state index contributed by atoms with van der Waals surface area (Å²) in [5, 5.41) is 7.46. The Balaban J connectivity index is 1.56. The Morgan fingerprint density at radius 1 is 1.23 bits per heavy atom. The van der Waals surface area contributed by atoms with E-state index in [1.54, 1.807) is 6.20 Å². The summed E-state index contributed by atoms with van der Waals surface area (Å²) in [5.41, 5.74) is 1.31. The maximum absolute atomic E-state index is 5.85. The van der Waals surface area contributed by atoms with Crippen LogP contribution in [-0.2, 0) is 11.3 Å². The Labute approximate surface area is 161 Å². The predicted octanol–water partition coefficient (Wildman–Crippen LogP) is 2.44. The molecule has 144 valence electrons. The van der Waals surface area contributed by atoms with Gasteiger partial charge in [0, 0.05) is 45.0 Å². The minimum atomic E-state index is 0.224. The molecule has 1 saturated carbocycles. The summed E-state index contributed by atoms with van der Waals surface area (Å²) < 4.78 is 5.56. The topological polar surface area (TPSA) is 61.8 Å². The highest BCUT2D eigenvalue weighted by Gasteiger charge is 2.38. The van der Waals surface area contributed by atoms with Gasteiger partial charge in [0.1, 0.15) is 5.15 Å². The Morgan fingerprint density at radius 2 is 2.00 bits per heavy atom. The molecule has 0 bridgehead atoms. The van der Waals surface area contributed by atoms with Crippen LogP contribution in [0.25, 0.3) is 0 Å². The Hall–Kier alpha value is -1.37. The molecule has 0 atom stereocenters. The molecule has 7 heteroatoms. The van der Waals surface area contributed by atoms with Crippen molar-refractivity contribution in [2.24, 2.45) is 4.99 Å². The number of aliphatic imine (C=N–C) groups is 1. The van der Waals surface area contributed by atoms with Gasteiger partial charge >= 0.3 is 0 Å². The molecule has 0 amide bonds. The van der Waals surface area contributed by atoms with Gasteiger partial charge < -0.3 is 15.4 Å². The lowest BCUT2D eigenvalue weighted by Gasteiger charge is -2.48. The number of rotatable bonds is 5. The smallest absolute Gasteiger partial charge is 0.191 e. The second-order valence-electron chi connectivity index (χ2n) is 7.15. The quantitative estimate of drug-likeness (QED) is 0.467. The van der Waals surface area contributed by atoms with Gasteiger partial charge in [-0.25, -0.2) is 4.98 Å². The summed E-state index contributed by atoms with van der Waals surface area (Å²) >= 11 is 5.85. The van der Waals surface area contributed by atoms with Crippen LogP contribution in [0.2, 0.25) is 5.15 Å². The average molecular weight is 380 g/mol. The van der Waals surface area contributed by atoms with Gasteiger partial charge in [0.2, 0.25) is 0 Å². The van der Waals surface area contributed by atoms with Gasteiger partial charge in [-0.05, 0) is 24.5 Å². The van der Waals surface area contributed by atoms with E-state index < -0.39 is 0 Å². The molecule has 2 aliphatic rings. The number of nitrogens with one attached hydrogen (secondary N) is 2. The minimum absolute atomic E-state index is 0.224. The average Bonchev–Trinajstić information content (AvgIpc) is 2.71. The van der Waals surface area contributed by atoms with Crippen LogP contribution in [0.15, 0.2) is 23.3 Å². The monoisotopic (exact) mass is 379 g/mol. The first kappa shape index (κ1) is 19.4. The fraction of sp³-hybridized carbons (Fsp3) is 0.684. The van der Waals surface area contributed by atoms with Crippen LogP contribution in [-0.4, -0.2) is 61.3 Å². The lowest BCUT2D eigenvalue weighted by molar-refractivity contribution is -0.0352. The second-order valence-corrected chi connectivity index (χ2v) is 7.54. The Bertz CT molecular complexity index is 580. The number of morpholine rings is 1. The standard InChI is InChI=1S/C19H30ClN5O/c1-21-18(23-14-16-5-6-17(20)22-13-16)24-15-19(7-3-2-4-8-19)25-9-11-26-12-10-25/h5-6,13H,2-4,7-12,14-15H2,1H3,(H2,21,23,24). The van der Waals surface area contributed by atoms with Crippen molar-refractivity contribution in [1.82, 2.24) is 20.5 Å². The molecule has 1 aromatic heterocycles. The van der Waals surface area contributed by atoms with Crippen molar-refractivity contribution in [3.63, 3.8) is 0 Å². The minimum Gasteiger partial charge on any atom is -0.379 e. The molecular weight excluding hydrogens is 350 g/mol. The lowest BCUT2D eigenvalue weighted by Crippen LogP contribution is -2.60. The van der Waals surface area contributed by atoms with E-state index in [4.69, 9.17) is 16.3 Å². The van der Waals surface area contributed by atoms with Crippen LogP contribution in [0.1, 0.15) is 37.7 Å². The van der Waals surface area contributed by atoms with E-state index in [1.807, 2.05) is 19.2 Å². The zero-order valence-electron chi connectivity index (χ0n) is 15.6. The highest BCUT2D eigenvalue weighted by Crippen LogP contribution is 2.33. The van der Waals surface area contributed by atoms with Crippen molar-refractivity contribution >= 4 is 17.6 Å². The van der Waals surface area contributed by atoms with Crippen molar-refractivity contribution < 1.29 is 4.74 Å². The first-order valence-corrected chi connectivity index (χ1v) is 9.97. The van der Waals surface area contributed by atoms with Gasteiger partial charge in [-0.3, -0.25) is 9.89 Å². The van der Waals surface area contributed by atoms with E-state index in [9.17, 15) is 0 Å². The maximum Gasteiger partial charge on any atom is 0.191 e. The summed E-state index contributed by atoms with van der Waals surface area (Å²) in [6.07, 6.45) is 8.25. The third kappa shape index (κ3) is 5.09. The number of hydrogen-bond donors (Lipinski definition) is 2. The number of pyridine rings is 1. The fourth-order valence-electron chi connectivity index (χ4n) is 4.02. The van der Waals surface area contributed by atoms with Crippen LogP contribution in [0.4, 0.5) is 0 Å². The molecule has 1 aromatic rings. The summed E-state index contributed by atoms with van der Waals surface area (Å²) in [5.74, 6) is 0.832. The van der Waals surface area contributed by atoms with E-state index in [2.05, 4.69) is 25.5 Å². The molecule has 1 aliphatic carbocycles. The molecular formula is C19H30ClN5O. The second kappa shape index (κ2) is 9.53. The molecule has 2 N–H and O–H groups in total. The van der Waals surface area contributed by atoms with Gasteiger partial charge in [-0.2, -0.15) is 0 Å². The van der Waals surface area contributed by atoms with E-state index in [0.717, 1.165) is 44.4 Å². The van der Waals surface area contributed by atoms with Gasteiger partial charge in [0.15, 0.2) is 5.96 Å². The summed E-state index contributed by atoms with van der Waals surface area (Å²) in [6, 6.07) is 3.79. The molecule has 0 aromatic carbocycles. The number of aromatic nitrogens is 1. The van der Waals surface area contributed by atoms with E-state index >= 15 is 0 Å². The molecule has 6 nitrogen and oxygen atoms in total. The third-order valence-corrected chi connectivity index (χ3v) is 5.75. The van der Waals surface area contributed by atoms with Crippen LogP contribution in [0, 0.1) is 0 Å². The molecule has 0 unspecified atom stereocenters. The van der Waals surface area contributed by atoms with Gasteiger partial charge in [0.25, 0.3) is 0 Å². The Morgan fingerprint density at radius 3 is 2.65 bits per heavy atom. The third-order valence-electron chi connectivity index (χ3n) is 5.52.